The van der Waals surface area contributed by atoms with Gasteiger partial charge in [-0.15, -0.1) is 0 Å². The number of aliphatic hydroxyl groups is 1. The highest BCUT2D eigenvalue weighted by molar-refractivity contribution is 5.93. The highest BCUT2D eigenvalue weighted by Gasteiger charge is 2.35. The van der Waals surface area contributed by atoms with Crippen LogP contribution in [0.15, 0.2) is 0 Å². The summed E-state index contributed by atoms with van der Waals surface area (Å²) in [6, 6.07) is -4.99. The largest absolute Gasteiger partial charge is 0.480 e. The van der Waals surface area contributed by atoms with Gasteiger partial charge in [0.15, 0.2) is 6.10 Å². The van der Waals surface area contributed by atoms with Crippen LogP contribution < -0.4 is 27.0 Å². The molecule has 0 aliphatic heterocycles. The zero-order chi connectivity index (χ0) is 29.9. The van der Waals surface area contributed by atoms with Gasteiger partial charge in [0.1, 0.15) is 18.1 Å². The molecular formula is C26H49N5O7. The number of aliphatic carboxylic acids is 1. The van der Waals surface area contributed by atoms with Crippen LogP contribution in [0.3, 0.4) is 0 Å². The van der Waals surface area contributed by atoms with Gasteiger partial charge in [0.25, 0.3) is 5.91 Å². The summed E-state index contributed by atoms with van der Waals surface area (Å²) in [6.45, 7) is 15.7. The Hall–Kier alpha value is -2.73. The zero-order valence-corrected chi connectivity index (χ0v) is 24.2. The number of rotatable bonds is 16. The molecule has 0 fully saturated rings. The van der Waals surface area contributed by atoms with E-state index in [1.54, 1.807) is 48.5 Å². The summed E-state index contributed by atoms with van der Waals surface area (Å²) in [4.78, 5) is 62.7. The van der Waals surface area contributed by atoms with Crippen molar-refractivity contribution >= 4 is 29.6 Å². The van der Waals surface area contributed by atoms with Gasteiger partial charge in [-0.2, -0.15) is 0 Å². The normalized spacial score (nSPS) is 16.4. The minimum absolute atomic E-state index is 0.0279. The van der Waals surface area contributed by atoms with Crippen LogP contribution in [0.4, 0.5) is 0 Å². The van der Waals surface area contributed by atoms with E-state index in [9.17, 15) is 34.2 Å². The van der Waals surface area contributed by atoms with Gasteiger partial charge in [-0.05, 0) is 36.5 Å². The number of hydrogen-bond acceptors (Lipinski definition) is 7. The second-order valence-electron chi connectivity index (χ2n) is 11.2. The second-order valence-corrected chi connectivity index (χ2v) is 11.2. The lowest BCUT2D eigenvalue weighted by atomic mass is 9.98. The molecule has 12 heteroatoms. The zero-order valence-electron chi connectivity index (χ0n) is 24.2. The molecule has 12 nitrogen and oxygen atoms in total. The highest BCUT2D eigenvalue weighted by atomic mass is 16.4. The molecule has 0 aromatic rings. The lowest BCUT2D eigenvalue weighted by molar-refractivity contribution is -0.144. The van der Waals surface area contributed by atoms with Crippen LogP contribution in [-0.4, -0.2) is 76.1 Å². The molecule has 8 N–H and O–H groups in total. The Morgan fingerprint density at radius 1 is 0.684 bits per heavy atom. The molecule has 0 aliphatic carbocycles. The third-order valence-corrected chi connectivity index (χ3v) is 6.26. The molecule has 220 valence electrons. The molecular weight excluding hydrogens is 494 g/mol. The fraction of sp³-hybridized carbons (Fsp3) is 0.808. The van der Waals surface area contributed by atoms with Gasteiger partial charge in [0, 0.05) is 0 Å². The summed E-state index contributed by atoms with van der Waals surface area (Å²) in [5, 5.41) is 30.4. The first kappa shape index (κ1) is 35.3. The fourth-order valence-electron chi connectivity index (χ4n) is 3.67. The summed E-state index contributed by atoms with van der Waals surface area (Å²) < 4.78 is 0. The Kier molecular flexibility index (Phi) is 15.1. The number of carboxylic acids is 1. The maximum atomic E-state index is 13.0. The Morgan fingerprint density at radius 3 is 1.58 bits per heavy atom. The van der Waals surface area contributed by atoms with Crippen LogP contribution >= 0.6 is 0 Å². The maximum absolute atomic E-state index is 13.0. The number of amides is 4. The summed E-state index contributed by atoms with van der Waals surface area (Å²) in [5.41, 5.74) is 5.89. The standard InChI is InChI=1S/C26H49N5O7/c1-10-16(28-24(35)19(14(6)7)30-23(34)18(27)13(4)5)21(32)25(36)29-17(11-12(2)3)22(33)31-20(15(8)9)26(37)38/h12-21,32H,10-11,27H2,1-9H3,(H,28,35)(H,29,36)(H,30,34)(H,31,33)(H,37,38)/t16-,17+,18-,19-,20-,21+/m0/s1. The van der Waals surface area contributed by atoms with Gasteiger partial charge < -0.3 is 37.2 Å². The molecule has 38 heavy (non-hydrogen) atoms. The molecule has 6 atom stereocenters. The molecule has 0 spiro atoms. The van der Waals surface area contributed by atoms with E-state index in [2.05, 4.69) is 21.3 Å². The number of carbonyl (C=O) groups excluding carboxylic acids is 4. The monoisotopic (exact) mass is 543 g/mol. The van der Waals surface area contributed by atoms with E-state index in [1.807, 2.05) is 13.8 Å². The SMILES string of the molecule is CC[C@H](NC(=O)[C@@H](NC(=O)[C@@H](N)C(C)C)C(C)C)[C@@H](O)C(=O)N[C@H](CC(C)C)C(=O)N[C@H](C(=O)O)C(C)C. The predicted octanol–water partition coefficient (Wildman–Crippen LogP) is 0.123. The lowest BCUT2D eigenvalue weighted by Gasteiger charge is -2.29. The second kappa shape index (κ2) is 16.3. The van der Waals surface area contributed by atoms with Gasteiger partial charge in [-0.25, -0.2) is 4.79 Å². The molecule has 0 aliphatic rings. The van der Waals surface area contributed by atoms with Crippen LogP contribution in [0.1, 0.15) is 75.2 Å². The number of nitrogens with one attached hydrogen (secondary N) is 4. The van der Waals surface area contributed by atoms with E-state index in [0.29, 0.717) is 0 Å². The van der Waals surface area contributed by atoms with Gasteiger partial charge >= 0.3 is 5.97 Å². The smallest absolute Gasteiger partial charge is 0.326 e. The summed E-state index contributed by atoms with van der Waals surface area (Å²) in [7, 11) is 0. The molecule has 0 heterocycles. The quantitative estimate of drug-likeness (QED) is 0.142. The summed E-state index contributed by atoms with van der Waals surface area (Å²) in [6.07, 6.45) is -1.32. The van der Waals surface area contributed by atoms with Crippen LogP contribution in [0.2, 0.25) is 0 Å². The molecule has 0 saturated heterocycles. The summed E-state index contributed by atoms with van der Waals surface area (Å²) in [5.74, 6) is -4.68. The molecule has 0 aromatic heterocycles. The Labute approximate surface area is 226 Å². The van der Waals surface area contributed by atoms with Crippen LogP contribution in [-0.2, 0) is 24.0 Å². The first-order chi connectivity index (χ1) is 17.4. The molecule has 0 unspecified atom stereocenters. The number of hydrogen-bond donors (Lipinski definition) is 7. The van der Waals surface area contributed by atoms with Crippen molar-refractivity contribution in [3.63, 3.8) is 0 Å². The van der Waals surface area contributed by atoms with Crippen molar-refractivity contribution in [3.05, 3.63) is 0 Å². The third-order valence-electron chi connectivity index (χ3n) is 6.26. The minimum atomic E-state index is -1.70. The van der Waals surface area contributed by atoms with Crippen molar-refractivity contribution < 1.29 is 34.2 Å². The van der Waals surface area contributed by atoms with E-state index in [1.165, 1.54) is 0 Å². The first-order valence-electron chi connectivity index (χ1n) is 13.3. The number of carbonyl (C=O) groups is 5. The van der Waals surface area contributed by atoms with Gasteiger partial charge in [0.2, 0.25) is 17.7 Å². The van der Waals surface area contributed by atoms with E-state index in [4.69, 9.17) is 5.73 Å². The Balaban J connectivity index is 5.57. The van der Waals surface area contributed by atoms with E-state index in [0.717, 1.165) is 0 Å². The molecule has 0 bridgehead atoms. The highest BCUT2D eigenvalue weighted by Crippen LogP contribution is 2.11. The van der Waals surface area contributed by atoms with E-state index < -0.39 is 65.9 Å². The topological polar surface area (TPSA) is 200 Å². The van der Waals surface area contributed by atoms with Crippen LogP contribution in [0.5, 0.6) is 0 Å². The van der Waals surface area contributed by atoms with Crippen molar-refractivity contribution in [1.82, 2.24) is 21.3 Å². The Bertz CT molecular complexity index is 816. The third kappa shape index (κ3) is 11.3. The number of carboxylic acid groups (broad SMARTS) is 1. The molecule has 0 saturated carbocycles. The van der Waals surface area contributed by atoms with Crippen molar-refractivity contribution in [2.45, 2.75) is 111 Å². The van der Waals surface area contributed by atoms with Gasteiger partial charge in [0.05, 0.1) is 12.1 Å². The average molecular weight is 544 g/mol. The van der Waals surface area contributed by atoms with Crippen LogP contribution in [0.25, 0.3) is 0 Å². The van der Waals surface area contributed by atoms with Gasteiger partial charge in [-0.3, -0.25) is 19.2 Å². The van der Waals surface area contributed by atoms with E-state index in [-0.39, 0.29) is 36.5 Å². The van der Waals surface area contributed by atoms with Gasteiger partial charge in [-0.1, -0.05) is 62.3 Å². The number of aliphatic hydroxyl groups excluding tert-OH is 1. The average Bonchev–Trinajstić information content (AvgIpc) is 2.81. The fourth-order valence-corrected chi connectivity index (χ4v) is 3.67. The van der Waals surface area contributed by atoms with E-state index >= 15 is 0 Å². The predicted molar refractivity (Wildman–Crippen MR) is 144 cm³/mol. The molecule has 4 amide bonds. The van der Waals surface area contributed by atoms with Crippen molar-refractivity contribution in [1.29, 1.82) is 0 Å². The van der Waals surface area contributed by atoms with Crippen molar-refractivity contribution in [2.75, 3.05) is 0 Å². The lowest BCUT2D eigenvalue weighted by Crippen LogP contribution is -2.60. The van der Waals surface area contributed by atoms with Crippen LogP contribution in [0, 0.1) is 23.7 Å². The maximum Gasteiger partial charge on any atom is 0.326 e. The minimum Gasteiger partial charge on any atom is -0.480 e. The van der Waals surface area contributed by atoms with Crippen molar-refractivity contribution in [2.24, 2.45) is 29.4 Å². The molecule has 0 aromatic carbocycles. The molecule has 0 radical (unpaired) electrons. The molecule has 0 rings (SSSR count). The Morgan fingerprint density at radius 2 is 1.18 bits per heavy atom. The number of nitrogens with two attached hydrogens (primary N) is 1. The summed E-state index contributed by atoms with van der Waals surface area (Å²) >= 11 is 0. The first-order valence-corrected chi connectivity index (χ1v) is 13.3. The van der Waals surface area contributed by atoms with Crippen molar-refractivity contribution in [3.8, 4) is 0 Å².